The van der Waals surface area contributed by atoms with Gasteiger partial charge >= 0.3 is 0 Å². The highest BCUT2D eigenvalue weighted by Gasteiger charge is 2.42. The molecule has 3 unspecified atom stereocenters. The van der Waals surface area contributed by atoms with Gasteiger partial charge in [-0.05, 0) is 27.3 Å². The lowest BCUT2D eigenvalue weighted by Crippen LogP contribution is -2.54. The highest BCUT2D eigenvalue weighted by molar-refractivity contribution is 4.99. The maximum atomic E-state index is 5.69. The Balaban J connectivity index is 2.67. The summed E-state index contributed by atoms with van der Waals surface area (Å²) in [4.78, 5) is 0. The van der Waals surface area contributed by atoms with Crippen LogP contribution < -0.4 is 11.1 Å². The molecule has 0 aromatic heterocycles. The molecule has 1 aliphatic heterocycles. The van der Waals surface area contributed by atoms with Crippen LogP contribution in [0.4, 0.5) is 0 Å². The van der Waals surface area contributed by atoms with Crippen molar-refractivity contribution in [3.63, 3.8) is 0 Å². The number of nitrogens with one attached hydrogen (secondary N) is 1. The fraction of sp³-hybridized carbons (Fsp3) is 1.00. The average molecular weight is 158 g/mol. The third-order valence-corrected chi connectivity index (χ3v) is 2.73. The Hall–Kier alpha value is -0.120. The maximum Gasteiger partial charge on any atom is 0.0745 e. The highest BCUT2D eigenvalue weighted by atomic mass is 16.5. The number of nitrogens with two attached hydrogens (primary N) is 1. The quantitative estimate of drug-likeness (QED) is 0.599. The molecule has 0 bridgehead atoms. The summed E-state index contributed by atoms with van der Waals surface area (Å²) in [6.45, 7) is 4.81. The molecule has 11 heavy (non-hydrogen) atoms. The molecule has 3 N–H and O–H groups in total. The smallest absolute Gasteiger partial charge is 0.0745 e. The Morgan fingerprint density at radius 1 is 1.64 bits per heavy atom. The van der Waals surface area contributed by atoms with Crippen LogP contribution >= 0.6 is 0 Å². The van der Waals surface area contributed by atoms with E-state index in [1.165, 1.54) is 0 Å². The first kappa shape index (κ1) is 8.97. The van der Waals surface area contributed by atoms with Gasteiger partial charge < -0.3 is 15.8 Å². The van der Waals surface area contributed by atoms with Crippen LogP contribution in [0.5, 0.6) is 0 Å². The second kappa shape index (κ2) is 3.09. The van der Waals surface area contributed by atoms with E-state index in [2.05, 4.69) is 19.2 Å². The van der Waals surface area contributed by atoms with E-state index < -0.39 is 0 Å². The topological polar surface area (TPSA) is 47.3 Å². The van der Waals surface area contributed by atoms with Gasteiger partial charge in [0.15, 0.2) is 0 Å². The first-order valence-corrected chi connectivity index (χ1v) is 4.19. The van der Waals surface area contributed by atoms with Crippen molar-refractivity contribution in [3.05, 3.63) is 0 Å². The zero-order chi connectivity index (χ0) is 8.48. The van der Waals surface area contributed by atoms with Crippen LogP contribution in [0.1, 0.15) is 20.3 Å². The molecule has 0 aromatic rings. The largest absolute Gasteiger partial charge is 0.374 e. The lowest BCUT2D eigenvalue weighted by atomic mass is 9.91. The van der Waals surface area contributed by atoms with Gasteiger partial charge in [-0.15, -0.1) is 0 Å². The van der Waals surface area contributed by atoms with E-state index in [1.54, 1.807) is 0 Å². The van der Waals surface area contributed by atoms with Crippen molar-refractivity contribution >= 4 is 0 Å². The van der Waals surface area contributed by atoms with Crippen molar-refractivity contribution < 1.29 is 4.74 Å². The van der Waals surface area contributed by atoms with Crippen molar-refractivity contribution in [1.29, 1.82) is 0 Å². The summed E-state index contributed by atoms with van der Waals surface area (Å²) in [5.41, 5.74) is 5.70. The van der Waals surface area contributed by atoms with Gasteiger partial charge in [0, 0.05) is 6.54 Å². The Labute approximate surface area is 68.3 Å². The molecule has 3 heteroatoms. The van der Waals surface area contributed by atoms with Crippen LogP contribution in [0.25, 0.3) is 0 Å². The van der Waals surface area contributed by atoms with E-state index in [1.807, 2.05) is 7.05 Å². The standard InChI is InChI=1S/C8H18N2O/c1-6-4-8(5-9,10-3)7(2)11-6/h6-7,10H,4-5,9H2,1-3H3. The Morgan fingerprint density at radius 3 is 2.45 bits per heavy atom. The van der Waals surface area contributed by atoms with Crippen LogP contribution in [0.3, 0.4) is 0 Å². The van der Waals surface area contributed by atoms with Crippen molar-refractivity contribution in [2.24, 2.45) is 5.73 Å². The van der Waals surface area contributed by atoms with E-state index in [4.69, 9.17) is 10.5 Å². The molecule has 1 heterocycles. The van der Waals surface area contributed by atoms with Gasteiger partial charge in [0.2, 0.25) is 0 Å². The van der Waals surface area contributed by atoms with Gasteiger partial charge in [0.1, 0.15) is 0 Å². The summed E-state index contributed by atoms with van der Waals surface area (Å²) < 4.78 is 5.62. The summed E-state index contributed by atoms with van der Waals surface area (Å²) in [6.07, 6.45) is 1.58. The SMILES string of the molecule is CNC1(CN)CC(C)OC1C. The monoisotopic (exact) mass is 158 g/mol. The Kier molecular flexibility index (Phi) is 2.52. The molecule has 0 aliphatic carbocycles. The van der Waals surface area contributed by atoms with Crippen LogP contribution in [0.2, 0.25) is 0 Å². The summed E-state index contributed by atoms with van der Waals surface area (Å²) in [7, 11) is 1.95. The van der Waals surface area contributed by atoms with Crippen LogP contribution in [-0.2, 0) is 4.74 Å². The lowest BCUT2D eigenvalue weighted by molar-refractivity contribution is 0.0464. The summed E-state index contributed by atoms with van der Waals surface area (Å²) >= 11 is 0. The number of likely N-dealkylation sites (N-methyl/N-ethyl adjacent to an activating group) is 1. The van der Waals surface area contributed by atoms with E-state index in [0.29, 0.717) is 12.6 Å². The minimum absolute atomic E-state index is 0.0133. The van der Waals surface area contributed by atoms with Crippen LogP contribution in [0, 0.1) is 0 Å². The molecule has 3 atom stereocenters. The molecule has 1 fully saturated rings. The Bertz CT molecular complexity index is 134. The lowest BCUT2D eigenvalue weighted by Gasteiger charge is -2.29. The molecular weight excluding hydrogens is 140 g/mol. The van der Waals surface area contributed by atoms with Gasteiger partial charge in [-0.2, -0.15) is 0 Å². The molecule has 0 amide bonds. The van der Waals surface area contributed by atoms with E-state index in [0.717, 1.165) is 6.42 Å². The minimum Gasteiger partial charge on any atom is -0.374 e. The molecule has 1 rings (SSSR count). The second-order valence-electron chi connectivity index (χ2n) is 3.40. The predicted molar refractivity (Wildman–Crippen MR) is 45.5 cm³/mol. The summed E-state index contributed by atoms with van der Waals surface area (Å²) in [5, 5.41) is 3.26. The minimum atomic E-state index is 0.0133. The molecule has 0 aromatic carbocycles. The maximum absolute atomic E-state index is 5.69. The molecule has 0 spiro atoms. The zero-order valence-corrected chi connectivity index (χ0v) is 7.55. The van der Waals surface area contributed by atoms with Gasteiger partial charge in [-0.3, -0.25) is 0 Å². The highest BCUT2D eigenvalue weighted by Crippen LogP contribution is 2.28. The molecule has 66 valence electrons. The number of hydrogen-bond donors (Lipinski definition) is 2. The Morgan fingerprint density at radius 2 is 2.27 bits per heavy atom. The molecule has 1 saturated heterocycles. The van der Waals surface area contributed by atoms with E-state index >= 15 is 0 Å². The average Bonchev–Trinajstić information content (AvgIpc) is 2.27. The van der Waals surface area contributed by atoms with Gasteiger partial charge in [-0.1, -0.05) is 0 Å². The zero-order valence-electron chi connectivity index (χ0n) is 7.55. The predicted octanol–water partition coefficient (Wildman–Crippen LogP) is 0.101. The molecule has 0 saturated carbocycles. The van der Waals surface area contributed by atoms with E-state index in [9.17, 15) is 0 Å². The normalized spacial score (nSPS) is 44.7. The fourth-order valence-electron chi connectivity index (χ4n) is 1.86. The van der Waals surface area contributed by atoms with Crippen molar-refractivity contribution in [2.45, 2.75) is 38.0 Å². The number of hydrogen-bond acceptors (Lipinski definition) is 3. The molecular formula is C8H18N2O. The van der Waals surface area contributed by atoms with Gasteiger partial charge in [0.05, 0.1) is 17.7 Å². The van der Waals surface area contributed by atoms with E-state index in [-0.39, 0.29) is 11.6 Å². The van der Waals surface area contributed by atoms with Crippen LogP contribution in [-0.4, -0.2) is 31.3 Å². The first-order valence-electron chi connectivity index (χ1n) is 4.19. The van der Waals surface area contributed by atoms with Gasteiger partial charge in [-0.25, -0.2) is 0 Å². The first-order chi connectivity index (χ1) is 5.14. The summed E-state index contributed by atoms with van der Waals surface area (Å²) in [6, 6.07) is 0. The fourth-order valence-corrected chi connectivity index (χ4v) is 1.86. The third kappa shape index (κ3) is 1.41. The van der Waals surface area contributed by atoms with Crippen molar-refractivity contribution in [3.8, 4) is 0 Å². The number of rotatable bonds is 2. The van der Waals surface area contributed by atoms with Crippen LogP contribution in [0.15, 0.2) is 0 Å². The summed E-state index contributed by atoms with van der Waals surface area (Å²) in [5.74, 6) is 0. The third-order valence-electron chi connectivity index (χ3n) is 2.73. The number of ether oxygens (including phenoxy) is 1. The van der Waals surface area contributed by atoms with Gasteiger partial charge in [0.25, 0.3) is 0 Å². The molecule has 1 aliphatic rings. The molecule has 0 radical (unpaired) electrons. The second-order valence-corrected chi connectivity index (χ2v) is 3.40. The molecule has 3 nitrogen and oxygen atoms in total. The van der Waals surface area contributed by atoms with Crippen molar-refractivity contribution in [1.82, 2.24) is 5.32 Å². The van der Waals surface area contributed by atoms with Crippen molar-refractivity contribution in [2.75, 3.05) is 13.6 Å².